The fraction of sp³-hybridized carbons (Fsp3) is 0.125. The molecule has 0 bridgehead atoms. The number of anilines is 1. The Morgan fingerprint density at radius 1 is 1.24 bits per heavy atom. The van der Waals surface area contributed by atoms with Crippen LogP contribution in [0.15, 0.2) is 47.1 Å². The zero-order valence-electron chi connectivity index (χ0n) is 11.8. The van der Waals surface area contributed by atoms with Crippen molar-refractivity contribution in [1.82, 2.24) is 5.32 Å². The van der Waals surface area contributed by atoms with E-state index in [2.05, 4.69) is 10.6 Å². The zero-order valence-corrected chi connectivity index (χ0v) is 12.7. The summed E-state index contributed by atoms with van der Waals surface area (Å²) in [6, 6.07) is 9.41. The molecule has 0 aliphatic heterocycles. The van der Waals surface area contributed by atoms with Gasteiger partial charge in [0, 0.05) is 11.8 Å². The number of amides is 1. The van der Waals surface area contributed by atoms with Gasteiger partial charge in [-0.15, -0.1) is 0 Å². The topological polar surface area (TPSA) is 54.3 Å². The third kappa shape index (κ3) is 4.57. The highest BCUT2D eigenvalue weighted by molar-refractivity contribution is 7.80. The quantitative estimate of drug-likeness (QED) is 0.673. The van der Waals surface area contributed by atoms with E-state index in [9.17, 15) is 4.79 Å². The molecule has 0 saturated heterocycles. The standard InChI is InChI=1S/C16H16N2O2S/c1-11-5-6-13(10-12(11)2)17-16(21)18-15(19)8-7-14-4-3-9-20-14/h3-10H,1-2H3,(H2,17,18,19,21). The molecule has 0 atom stereocenters. The van der Waals surface area contributed by atoms with Crippen LogP contribution in [0.4, 0.5) is 5.69 Å². The largest absolute Gasteiger partial charge is 0.465 e. The average molecular weight is 300 g/mol. The van der Waals surface area contributed by atoms with Crippen LogP contribution in [0.25, 0.3) is 6.08 Å². The van der Waals surface area contributed by atoms with Crippen LogP contribution in [0.5, 0.6) is 0 Å². The van der Waals surface area contributed by atoms with Crippen molar-refractivity contribution in [2.24, 2.45) is 0 Å². The summed E-state index contributed by atoms with van der Waals surface area (Å²) >= 11 is 5.10. The third-order valence-electron chi connectivity index (χ3n) is 2.94. The molecule has 0 spiro atoms. The minimum absolute atomic E-state index is 0.257. The first kappa shape index (κ1) is 15.0. The van der Waals surface area contributed by atoms with Crippen LogP contribution in [-0.4, -0.2) is 11.0 Å². The molecule has 0 unspecified atom stereocenters. The molecule has 1 aromatic heterocycles. The molecule has 2 rings (SSSR count). The van der Waals surface area contributed by atoms with Crippen molar-refractivity contribution in [3.63, 3.8) is 0 Å². The van der Waals surface area contributed by atoms with Gasteiger partial charge in [-0.25, -0.2) is 0 Å². The van der Waals surface area contributed by atoms with Gasteiger partial charge in [0.25, 0.3) is 0 Å². The molecular formula is C16H16N2O2S. The molecule has 108 valence electrons. The third-order valence-corrected chi connectivity index (χ3v) is 3.15. The Morgan fingerprint density at radius 3 is 2.71 bits per heavy atom. The Labute approximate surface area is 128 Å². The van der Waals surface area contributed by atoms with E-state index in [0.29, 0.717) is 5.76 Å². The maximum atomic E-state index is 11.7. The number of nitrogens with one attached hydrogen (secondary N) is 2. The molecule has 0 radical (unpaired) electrons. The van der Waals surface area contributed by atoms with E-state index in [4.69, 9.17) is 16.6 Å². The van der Waals surface area contributed by atoms with Crippen molar-refractivity contribution in [3.05, 3.63) is 59.6 Å². The fourth-order valence-electron chi connectivity index (χ4n) is 1.68. The van der Waals surface area contributed by atoms with Gasteiger partial charge in [-0.05, 0) is 67.5 Å². The minimum Gasteiger partial charge on any atom is -0.465 e. The molecule has 4 nitrogen and oxygen atoms in total. The van der Waals surface area contributed by atoms with Crippen molar-refractivity contribution in [3.8, 4) is 0 Å². The first-order valence-electron chi connectivity index (χ1n) is 6.45. The zero-order chi connectivity index (χ0) is 15.2. The summed E-state index contributed by atoms with van der Waals surface area (Å²) in [7, 11) is 0. The van der Waals surface area contributed by atoms with Crippen molar-refractivity contribution in [2.45, 2.75) is 13.8 Å². The Bertz CT molecular complexity index is 676. The maximum absolute atomic E-state index is 11.7. The van der Waals surface area contributed by atoms with E-state index in [1.54, 1.807) is 24.5 Å². The van der Waals surface area contributed by atoms with Crippen molar-refractivity contribution in [1.29, 1.82) is 0 Å². The first-order chi connectivity index (χ1) is 10.0. The number of thiocarbonyl (C=S) groups is 1. The second-order valence-corrected chi connectivity index (χ2v) is 5.00. The smallest absolute Gasteiger partial charge is 0.250 e. The highest BCUT2D eigenvalue weighted by atomic mass is 32.1. The van der Waals surface area contributed by atoms with Gasteiger partial charge in [-0.2, -0.15) is 0 Å². The van der Waals surface area contributed by atoms with Gasteiger partial charge in [0.05, 0.1) is 6.26 Å². The van der Waals surface area contributed by atoms with Crippen LogP contribution in [0, 0.1) is 13.8 Å². The molecule has 0 aliphatic rings. The molecule has 1 amide bonds. The van der Waals surface area contributed by atoms with Crippen LogP contribution in [0.1, 0.15) is 16.9 Å². The van der Waals surface area contributed by atoms with Gasteiger partial charge in [-0.1, -0.05) is 6.07 Å². The predicted molar refractivity (Wildman–Crippen MR) is 88.0 cm³/mol. The van der Waals surface area contributed by atoms with E-state index in [1.165, 1.54) is 11.6 Å². The molecule has 1 heterocycles. The van der Waals surface area contributed by atoms with Gasteiger partial charge >= 0.3 is 0 Å². The number of rotatable bonds is 3. The Morgan fingerprint density at radius 2 is 2.05 bits per heavy atom. The van der Waals surface area contributed by atoms with E-state index in [-0.39, 0.29) is 11.0 Å². The van der Waals surface area contributed by atoms with E-state index in [0.717, 1.165) is 11.3 Å². The van der Waals surface area contributed by atoms with Crippen LogP contribution >= 0.6 is 12.2 Å². The number of hydrogen-bond donors (Lipinski definition) is 2. The number of furan rings is 1. The summed E-state index contributed by atoms with van der Waals surface area (Å²) in [6.07, 6.45) is 4.49. The van der Waals surface area contributed by atoms with Gasteiger partial charge < -0.3 is 9.73 Å². The Hall–Kier alpha value is -2.40. The summed E-state index contributed by atoms with van der Waals surface area (Å²) in [4.78, 5) is 11.7. The fourth-order valence-corrected chi connectivity index (χ4v) is 1.90. The maximum Gasteiger partial charge on any atom is 0.250 e. The summed E-state index contributed by atoms with van der Waals surface area (Å²) in [6.45, 7) is 4.06. The average Bonchev–Trinajstić information content (AvgIpc) is 2.94. The molecule has 1 aromatic carbocycles. The van der Waals surface area contributed by atoms with E-state index < -0.39 is 0 Å². The molecule has 21 heavy (non-hydrogen) atoms. The van der Waals surface area contributed by atoms with E-state index >= 15 is 0 Å². The van der Waals surface area contributed by atoms with Gasteiger partial charge in [-0.3, -0.25) is 10.1 Å². The summed E-state index contributed by atoms with van der Waals surface area (Å²) in [5.74, 6) is 0.297. The molecule has 0 saturated carbocycles. The second kappa shape index (κ2) is 6.85. The lowest BCUT2D eigenvalue weighted by atomic mass is 10.1. The Balaban J connectivity index is 1.89. The summed E-state index contributed by atoms with van der Waals surface area (Å²) in [5, 5.41) is 5.81. The van der Waals surface area contributed by atoms with Gasteiger partial charge in [0.1, 0.15) is 5.76 Å². The molecule has 2 N–H and O–H groups in total. The first-order valence-corrected chi connectivity index (χ1v) is 6.86. The highest BCUT2D eigenvalue weighted by Crippen LogP contribution is 2.13. The number of carbonyl (C=O) groups is 1. The molecular weight excluding hydrogens is 284 g/mol. The lowest BCUT2D eigenvalue weighted by molar-refractivity contribution is -0.115. The van der Waals surface area contributed by atoms with Crippen molar-refractivity contribution < 1.29 is 9.21 Å². The number of aryl methyl sites for hydroxylation is 2. The molecule has 0 fully saturated rings. The van der Waals surface area contributed by atoms with Crippen LogP contribution in [-0.2, 0) is 4.79 Å². The van der Waals surface area contributed by atoms with Crippen molar-refractivity contribution in [2.75, 3.05) is 5.32 Å². The molecule has 0 aliphatic carbocycles. The molecule has 2 aromatic rings. The number of hydrogen-bond acceptors (Lipinski definition) is 3. The van der Waals surface area contributed by atoms with Gasteiger partial charge in [0.2, 0.25) is 5.91 Å². The normalized spacial score (nSPS) is 10.6. The summed E-state index contributed by atoms with van der Waals surface area (Å²) in [5.41, 5.74) is 3.21. The van der Waals surface area contributed by atoms with Crippen LogP contribution in [0.3, 0.4) is 0 Å². The van der Waals surface area contributed by atoms with Crippen LogP contribution < -0.4 is 10.6 Å². The second-order valence-electron chi connectivity index (χ2n) is 4.59. The lowest BCUT2D eigenvalue weighted by Gasteiger charge is -2.09. The highest BCUT2D eigenvalue weighted by Gasteiger charge is 2.03. The van der Waals surface area contributed by atoms with Crippen molar-refractivity contribution >= 4 is 35.0 Å². The van der Waals surface area contributed by atoms with Gasteiger partial charge in [0.15, 0.2) is 5.11 Å². The predicted octanol–water partition coefficient (Wildman–Crippen LogP) is 3.42. The minimum atomic E-state index is -0.312. The SMILES string of the molecule is Cc1ccc(NC(=S)NC(=O)C=Cc2ccco2)cc1C. The lowest BCUT2D eigenvalue weighted by Crippen LogP contribution is -2.32. The summed E-state index contributed by atoms with van der Waals surface area (Å²) < 4.78 is 5.09. The number of carbonyl (C=O) groups excluding carboxylic acids is 1. The monoisotopic (exact) mass is 300 g/mol. The number of benzene rings is 1. The Kier molecular flexibility index (Phi) is 4.90. The van der Waals surface area contributed by atoms with Crippen LogP contribution in [0.2, 0.25) is 0 Å². The van der Waals surface area contributed by atoms with E-state index in [1.807, 2.05) is 32.0 Å². The molecule has 5 heteroatoms.